The van der Waals surface area contributed by atoms with E-state index in [9.17, 15) is 0 Å². The number of rotatable bonds is 6. The zero-order valence-corrected chi connectivity index (χ0v) is 37.1. The van der Waals surface area contributed by atoms with Gasteiger partial charge in [0.1, 0.15) is 5.82 Å². The molecule has 0 atom stereocenters. The number of anilines is 4. The Hall–Kier alpha value is -7.14. The minimum absolute atomic E-state index is 0. The van der Waals surface area contributed by atoms with E-state index in [1.165, 1.54) is 16.2 Å². The first-order valence-corrected chi connectivity index (χ1v) is 21.0. The smallest absolute Gasteiger partial charge is 0.137 e. The standard InChI is InChI=1S/C56H40N5O.Pt/c1-56(2,3)39-30-42(59-36-58(40-18-6-4-7-19-40)50-24-14-15-25-51(50)59)32-44(31-39)62-43-26-27-46-45-22-12-13-23-49(45)61(53(46)33-43)55-34-54-48(35-57-55)47-28-37-16-10-11-17-38(37)29-52(47)60(54)41-20-8-5-9-21-41;/h4-31,34-36H,1-3H3;/q-3;. The molecule has 0 bridgehead atoms. The molecule has 4 heterocycles. The first-order chi connectivity index (χ1) is 30.4. The molecule has 63 heavy (non-hydrogen) atoms. The van der Waals surface area contributed by atoms with E-state index in [4.69, 9.17) is 9.72 Å². The summed E-state index contributed by atoms with van der Waals surface area (Å²) in [6.07, 6.45) is 2.03. The number of para-hydroxylation sites is 5. The van der Waals surface area contributed by atoms with Gasteiger partial charge in [-0.05, 0) is 76.2 Å². The van der Waals surface area contributed by atoms with E-state index in [2.05, 4.69) is 222 Å². The SMILES string of the molecule is CC(C)(C)c1cc(Oc2[c-]c3c(cc2)c2ccccc2n3-c2cc3c(cn2)c2cc4ccccc4cc2n3-c2ccccc2)[c-]c(N2[CH-]N(c3ccccc3)c3ccccc32)c1.[Pt]. The van der Waals surface area contributed by atoms with Crippen LogP contribution in [0.1, 0.15) is 26.3 Å². The quantitative estimate of drug-likeness (QED) is 0.156. The number of pyridine rings is 1. The molecule has 0 fully saturated rings. The molecule has 3 aromatic heterocycles. The molecule has 0 amide bonds. The number of hydrogen-bond donors (Lipinski definition) is 0. The largest absolute Gasteiger partial charge is 0.509 e. The van der Waals surface area contributed by atoms with Crippen molar-refractivity contribution >= 4 is 77.1 Å². The third kappa shape index (κ3) is 6.47. The third-order valence-electron chi connectivity index (χ3n) is 12.1. The fourth-order valence-electron chi connectivity index (χ4n) is 9.10. The van der Waals surface area contributed by atoms with E-state index < -0.39 is 0 Å². The number of nitrogens with zero attached hydrogens (tertiary/aromatic N) is 5. The summed E-state index contributed by atoms with van der Waals surface area (Å²) >= 11 is 0. The van der Waals surface area contributed by atoms with Crippen LogP contribution in [0, 0.1) is 18.8 Å². The number of hydrogen-bond acceptors (Lipinski definition) is 4. The zero-order chi connectivity index (χ0) is 41.5. The monoisotopic (exact) mass is 993 g/mol. The maximum absolute atomic E-state index is 6.83. The second-order valence-electron chi connectivity index (χ2n) is 17.0. The number of fused-ring (bicyclic) bond motifs is 8. The second kappa shape index (κ2) is 15.0. The molecule has 0 unspecified atom stereocenters. The average Bonchev–Trinajstić information content (AvgIpc) is 3.96. The minimum Gasteiger partial charge on any atom is -0.509 e. The van der Waals surface area contributed by atoms with Crippen molar-refractivity contribution in [3.05, 3.63) is 206 Å². The normalized spacial score (nSPS) is 12.7. The van der Waals surface area contributed by atoms with Gasteiger partial charge >= 0.3 is 0 Å². The number of ether oxygens (including phenoxy) is 1. The summed E-state index contributed by atoms with van der Waals surface area (Å²) in [6, 6.07) is 69.2. The zero-order valence-electron chi connectivity index (χ0n) is 34.9. The van der Waals surface area contributed by atoms with E-state index in [1.807, 2.05) is 18.3 Å². The van der Waals surface area contributed by atoms with Crippen LogP contribution in [0.4, 0.5) is 22.7 Å². The van der Waals surface area contributed by atoms with Crippen LogP contribution in [0.3, 0.4) is 0 Å². The van der Waals surface area contributed by atoms with Crippen molar-refractivity contribution in [2.45, 2.75) is 26.2 Å². The molecule has 0 spiro atoms. The Morgan fingerprint density at radius 1 is 0.508 bits per heavy atom. The van der Waals surface area contributed by atoms with Crippen LogP contribution < -0.4 is 14.5 Å². The maximum Gasteiger partial charge on any atom is 0.137 e. The third-order valence-corrected chi connectivity index (χ3v) is 12.1. The van der Waals surface area contributed by atoms with Gasteiger partial charge in [0, 0.05) is 83.9 Å². The molecule has 6 nitrogen and oxygen atoms in total. The summed E-state index contributed by atoms with van der Waals surface area (Å²) in [4.78, 5) is 9.64. The molecule has 11 aromatic rings. The summed E-state index contributed by atoms with van der Waals surface area (Å²) in [6.45, 7) is 8.83. The number of aromatic nitrogens is 3. The fraction of sp³-hybridized carbons (Fsp3) is 0.0714. The Kier molecular flexibility index (Phi) is 9.25. The minimum atomic E-state index is -0.153. The van der Waals surface area contributed by atoms with Crippen LogP contribution in [-0.2, 0) is 26.5 Å². The second-order valence-corrected chi connectivity index (χ2v) is 17.0. The van der Waals surface area contributed by atoms with Gasteiger partial charge in [0.15, 0.2) is 0 Å². The Bertz CT molecular complexity index is 3530. The first-order valence-electron chi connectivity index (χ1n) is 21.0. The molecular weight excluding hydrogens is 954 g/mol. The molecule has 1 aliphatic rings. The number of benzene rings is 8. The fourth-order valence-corrected chi connectivity index (χ4v) is 9.10. The van der Waals surface area contributed by atoms with Gasteiger partial charge < -0.3 is 23.7 Å². The van der Waals surface area contributed by atoms with Crippen LogP contribution in [0.2, 0.25) is 0 Å². The Balaban J connectivity index is 0.00000444. The van der Waals surface area contributed by atoms with E-state index in [0.717, 1.165) is 78.0 Å². The summed E-state index contributed by atoms with van der Waals surface area (Å²) in [5, 5.41) is 6.87. The molecular formula is C56H40N5OPt-3. The summed E-state index contributed by atoms with van der Waals surface area (Å²) < 4.78 is 11.4. The van der Waals surface area contributed by atoms with Gasteiger partial charge in [0.05, 0.1) is 11.0 Å². The van der Waals surface area contributed by atoms with E-state index >= 15 is 0 Å². The molecule has 8 aromatic carbocycles. The van der Waals surface area contributed by atoms with Crippen molar-refractivity contribution in [1.29, 1.82) is 0 Å². The molecule has 0 aliphatic carbocycles. The Morgan fingerprint density at radius 2 is 1.16 bits per heavy atom. The molecule has 308 valence electrons. The summed E-state index contributed by atoms with van der Waals surface area (Å²) in [5.74, 6) is 2.02. The van der Waals surface area contributed by atoms with Gasteiger partial charge in [-0.3, -0.25) is 0 Å². The molecule has 12 rings (SSSR count). The van der Waals surface area contributed by atoms with Crippen molar-refractivity contribution in [2.75, 3.05) is 9.80 Å². The molecule has 1 aliphatic heterocycles. The van der Waals surface area contributed by atoms with Gasteiger partial charge in [0.2, 0.25) is 0 Å². The molecule has 0 radical (unpaired) electrons. The summed E-state index contributed by atoms with van der Waals surface area (Å²) in [5.41, 5.74) is 10.4. The van der Waals surface area contributed by atoms with Gasteiger partial charge in [-0.15, -0.1) is 53.6 Å². The van der Waals surface area contributed by atoms with E-state index in [0.29, 0.717) is 11.5 Å². The molecule has 0 saturated carbocycles. The van der Waals surface area contributed by atoms with Gasteiger partial charge in [-0.2, -0.15) is 6.07 Å². The van der Waals surface area contributed by atoms with Gasteiger partial charge in [-0.25, -0.2) is 4.98 Å². The van der Waals surface area contributed by atoms with Crippen molar-refractivity contribution in [3.8, 4) is 23.0 Å². The Labute approximate surface area is 380 Å². The van der Waals surface area contributed by atoms with Crippen LogP contribution >= 0.6 is 0 Å². The predicted molar refractivity (Wildman–Crippen MR) is 255 cm³/mol. The van der Waals surface area contributed by atoms with Crippen molar-refractivity contribution in [2.24, 2.45) is 0 Å². The van der Waals surface area contributed by atoms with Crippen LogP contribution in [0.15, 0.2) is 182 Å². The van der Waals surface area contributed by atoms with Crippen molar-refractivity contribution < 1.29 is 25.8 Å². The maximum atomic E-state index is 6.83. The molecule has 0 saturated heterocycles. The predicted octanol–water partition coefficient (Wildman–Crippen LogP) is 14.5. The van der Waals surface area contributed by atoms with Crippen LogP contribution in [-0.4, -0.2) is 14.1 Å². The topological polar surface area (TPSA) is 38.5 Å². The van der Waals surface area contributed by atoms with Gasteiger partial charge in [0.25, 0.3) is 0 Å². The average molecular weight is 994 g/mol. The van der Waals surface area contributed by atoms with E-state index in [1.54, 1.807) is 0 Å². The first kappa shape index (κ1) is 38.8. The Morgan fingerprint density at radius 3 is 1.92 bits per heavy atom. The van der Waals surface area contributed by atoms with Crippen LogP contribution in [0.25, 0.3) is 65.9 Å². The molecule has 7 heteroatoms. The molecule has 0 N–H and O–H groups in total. The van der Waals surface area contributed by atoms with Crippen molar-refractivity contribution in [3.63, 3.8) is 0 Å². The van der Waals surface area contributed by atoms with E-state index in [-0.39, 0.29) is 26.5 Å². The van der Waals surface area contributed by atoms with Gasteiger partial charge in [-0.1, -0.05) is 117 Å². The summed E-state index contributed by atoms with van der Waals surface area (Å²) in [7, 11) is 0. The van der Waals surface area contributed by atoms with Crippen molar-refractivity contribution in [1.82, 2.24) is 14.1 Å². The van der Waals surface area contributed by atoms with Crippen LogP contribution in [0.5, 0.6) is 11.5 Å².